The number of fused-ring (bicyclic) bond motifs is 4. The van der Waals surface area contributed by atoms with E-state index in [-0.39, 0.29) is 5.56 Å². The second kappa shape index (κ2) is 6.13. The molecular formula is C22H17N5O. The van der Waals surface area contributed by atoms with Crippen LogP contribution in [-0.2, 0) is 0 Å². The molecule has 0 bridgehead atoms. The van der Waals surface area contributed by atoms with Crippen LogP contribution in [-0.4, -0.2) is 25.8 Å². The SMILES string of the molecule is Cc1ccc2[nH]c3c(=O)n(N=Cc4ccc5ccccc5n4)c(C)nc3c2c1. The molecule has 2 aromatic carbocycles. The van der Waals surface area contributed by atoms with Crippen molar-refractivity contribution in [2.75, 3.05) is 0 Å². The molecule has 28 heavy (non-hydrogen) atoms. The van der Waals surface area contributed by atoms with Crippen molar-refractivity contribution in [3.05, 3.63) is 82.0 Å². The molecule has 0 radical (unpaired) electrons. The predicted octanol–water partition coefficient (Wildman–Crippen LogP) is 3.93. The summed E-state index contributed by atoms with van der Waals surface area (Å²) in [6.45, 7) is 3.80. The second-order valence-electron chi connectivity index (χ2n) is 6.85. The van der Waals surface area contributed by atoms with Gasteiger partial charge in [-0.25, -0.2) is 9.97 Å². The van der Waals surface area contributed by atoms with Gasteiger partial charge in [0.1, 0.15) is 16.9 Å². The van der Waals surface area contributed by atoms with Crippen molar-refractivity contribution in [2.45, 2.75) is 13.8 Å². The third-order valence-corrected chi connectivity index (χ3v) is 4.84. The van der Waals surface area contributed by atoms with E-state index in [2.05, 4.69) is 20.1 Å². The fourth-order valence-corrected chi connectivity index (χ4v) is 3.43. The van der Waals surface area contributed by atoms with Crippen molar-refractivity contribution in [3.8, 4) is 0 Å². The van der Waals surface area contributed by atoms with Gasteiger partial charge in [-0.3, -0.25) is 4.79 Å². The number of aromatic amines is 1. The van der Waals surface area contributed by atoms with Gasteiger partial charge >= 0.3 is 0 Å². The van der Waals surface area contributed by atoms with Gasteiger partial charge in [0.15, 0.2) is 0 Å². The summed E-state index contributed by atoms with van der Waals surface area (Å²) in [6, 6.07) is 17.7. The lowest BCUT2D eigenvalue weighted by molar-refractivity contribution is 0.769. The van der Waals surface area contributed by atoms with Crippen molar-refractivity contribution in [2.24, 2.45) is 5.10 Å². The summed E-state index contributed by atoms with van der Waals surface area (Å²) in [4.78, 5) is 25.4. The van der Waals surface area contributed by atoms with Gasteiger partial charge in [0.25, 0.3) is 5.56 Å². The van der Waals surface area contributed by atoms with Crippen LogP contribution in [0.4, 0.5) is 0 Å². The van der Waals surface area contributed by atoms with Crippen LogP contribution >= 0.6 is 0 Å². The lowest BCUT2D eigenvalue weighted by Gasteiger charge is -2.03. The van der Waals surface area contributed by atoms with Crippen LogP contribution in [0.2, 0.25) is 0 Å². The second-order valence-corrected chi connectivity index (χ2v) is 6.85. The minimum absolute atomic E-state index is 0.228. The number of H-pyrrole nitrogens is 1. The molecule has 0 aliphatic rings. The highest BCUT2D eigenvalue weighted by atomic mass is 16.1. The number of aryl methyl sites for hydroxylation is 2. The van der Waals surface area contributed by atoms with Crippen molar-refractivity contribution in [1.29, 1.82) is 0 Å². The van der Waals surface area contributed by atoms with Crippen LogP contribution in [0.5, 0.6) is 0 Å². The largest absolute Gasteiger partial charge is 0.349 e. The van der Waals surface area contributed by atoms with E-state index in [4.69, 9.17) is 0 Å². The van der Waals surface area contributed by atoms with Crippen LogP contribution in [0.1, 0.15) is 17.1 Å². The van der Waals surface area contributed by atoms with E-state index in [0.29, 0.717) is 22.6 Å². The molecule has 0 saturated heterocycles. The van der Waals surface area contributed by atoms with Crippen LogP contribution in [0.25, 0.3) is 32.8 Å². The maximum absolute atomic E-state index is 13.0. The van der Waals surface area contributed by atoms with E-state index >= 15 is 0 Å². The average molecular weight is 367 g/mol. The number of hydrogen-bond acceptors (Lipinski definition) is 4. The Morgan fingerprint density at radius 1 is 1.04 bits per heavy atom. The smallest absolute Gasteiger partial charge is 0.298 e. The van der Waals surface area contributed by atoms with Gasteiger partial charge in [-0.2, -0.15) is 9.78 Å². The lowest BCUT2D eigenvalue weighted by Crippen LogP contribution is -2.20. The Balaban J connectivity index is 1.64. The summed E-state index contributed by atoms with van der Waals surface area (Å²) >= 11 is 0. The van der Waals surface area contributed by atoms with Crippen LogP contribution in [0.15, 0.2) is 64.5 Å². The summed E-state index contributed by atoms with van der Waals surface area (Å²) in [5.74, 6) is 0.525. The fraction of sp³-hybridized carbons (Fsp3) is 0.0909. The van der Waals surface area contributed by atoms with Gasteiger partial charge in [0, 0.05) is 16.3 Å². The molecule has 0 unspecified atom stereocenters. The molecule has 6 heteroatoms. The molecule has 136 valence electrons. The Bertz CT molecular complexity index is 1460. The number of nitrogens with zero attached hydrogens (tertiary/aromatic N) is 4. The molecule has 6 nitrogen and oxygen atoms in total. The fourth-order valence-electron chi connectivity index (χ4n) is 3.43. The summed E-state index contributed by atoms with van der Waals surface area (Å²) < 4.78 is 1.31. The molecule has 0 amide bonds. The number of benzene rings is 2. The topological polar surface area (TPSA) is 75.9 Å². The maximum atomic E-state index is 13.0. The van der Waals surface area contributed by atoms with E-state index < -0.39 is 0 Å². The molecule has 5 rings (SSSR count). The first kappa shape index (κ1) is 16.4. The van der Waals surface area contributed by atoms with E-state index in [9.17, 15) is 4.79 Å². The van der Waals surface area contributed by atoms with Gasteiger partial charge in [-0.15, -0.1) is 0 Å². The zero-order valence-corrected chi connectivity index (χ0v) is 15.5. The van der Waals surface area contributed by atoms with Gasteiger partial charge in [0.05, 0.1) is 17.4 Å². The highest BCUT2D eigenvalue weighted by Gasteiger charge is 2.13. The van der Waals surface area contributed by atoms with Crippen molar-refractivity contribution < 1.29 is 0 Å². The molecule has 0 atom stereocenters. The van der Waals surface area contributed by atoms with Crippen molar-refractivity contribution in [3.63, 3.8) is 0 Å². The van der Waals surface area contributed by atoms with E-state index in [0.717, 1.165) is 27.4 Å². The van der Waals surface area contributed by atoms with Gasteiger partial charge < -0.3 is 4.98 Å². The van der Waals surface area contributed by atoms with E-state index in [1.165, 1.54) is 4.68 Å². The molecule has 5 aromatic rings. The molecule has 3 aromatic heterocycles. The number of nitrogens with one attached hydrogen (secondary N) is 1. The number of para-hydroxylation sites is 1. The number of hydrogen-bond donors (Lipinski definition) is 1. The maximum Gasteiger partial charge on any atom is 0.298 e. The first-order valence-corrected chi connectivity index (χ1v) is 9.02. The summed E-state index contributed by atoms with van der Waals surface area (Å²) in [5, 5.41) is 6.36. The zero-order chi connectivity index (χ0) is 19.3. The first-order chi connectivity index (χ1) is 13.6. The number of pyridine rings is 1. The molecule has 0 aliphatic heterocycles. The Kier molecular flexibility index (Phi) is 3.58. The van der Waals surface area contributed by atoms with E-state index in [1.54, 1.807) is 13.1 Å². The Hall–Kier alpha value is -3.80. The summed E-state index contributed by atoms with van der Waals surface area (Å²) in [6.07, 6.45) is 1.58. The Labute approximate surface area is 160 Å². The molecule has 0 aliphatic carbocycles. The molecule has 0 saturated carbocycles. The monoisotopic (exact) mass is 367 g/mol. The predicted molar refractivity (Wildman–Crippen MR) is 112 cm³/mol. The summed E-state index contributed by atoms with van der Waals surface area (Å²) in [5.41, 5.74) is 4.48. The number of rotatable bonds is 2. The third-order valence-electron chi connectivity index (χ3n) is 4.84. The molecular weight excluding hydrogens is 350 g/mol. The Morgan fingerprint density at radius 2 is 1.89 bits per heavy atom. The lowest BCUT2D eigenvalue weighted by atomic mass is 10.2. The molecule has 3 heterocycles. The average Bonchev–Trinajstić information content (AvgIpc) is 3.05. The van der Waals surface area contributed by atoms with Gasteiger partial charge in [-0.1, -0.05) is 35.9 Å². The normalized spacial score (nSPS) is 11.9. The molecule has 1 N–H and O–H groups in total. The Morgan fingerprint density at radius 3 is 2.79 bits per heavy atom. The number of aromatic nitrogens is 4. The van der Waals surface area contributed by atoms with Crippen LogP contribution in [0.3, 0.4) is 0 Å². The minimum Gasteiger partial charge on any atom is -0.349 e. The quantitative estimate of drug-likeness (QED) is 0.480. The van der Waals surface area contributed by atoms with Crippen molar-refractivity contribution >= 4 is 39.1 Å². The summed E-state index contributed by atoms with van der Waals surface area (Å²) in [7, 11) is 0. The molecule has 0 spiro atoms. The standard InChI is InChI=1S/C22H17N5O/c1-13-7-10-19-17(11-13)20-21(26-19)22(28)27(14(2)24-20)23-12-16-9-8-15-5-3-4-6-18(15)25-16/h3-12,26H,1-2H3. The zero-order valence-electron chi connectivity index (χ0n) is 15.5. The minimum atomic E-state index is -0.228. The highest BCUT2D eigenvalue weighted by molar-refractivity contribution is 6.04. The first-order valence-electron chi connectivity index (χ1n) is 9.02. The van der Waals surface area contributed by atoms with E-state index in [1.807, 2.05) is 61.5 Å². The van der Waals surface area contributed by atoms with Crippen LogP contribution in [0, 0.1) is 13.8 Å². The molecule has 0 fully saturated rings. The third kappa shape index (κ3) is 2.58. The van der Waals surface area contributed by atoms with Crippen LogP contribution < -0.4 is 5.56 Å². The highest BCUT2D eigenvalue weighted by Crippen LogP contribution is 2.23. The van der Waals surface area contributed by atoms with Gasteiger partial charge in [-0.05, 0) is 38.1 Å². The van der Waals surface area contributed by atoms with Crippen molar-refractivity contribution in [1.82, 2.24) is 19.6 Å². The van der Waals surface area contributed by atoms with Gasteiger partial charge in [0.2, 0.25) is 0 Å².